The summed E-state index contributed by atoms with van der Waals surface area (Å²) in [5.74, 6) is -0.904. The number of anilines is 1. The van der Waals surface area contributed by atoms with Crippen molar-refractivity contribution in [3.63, 3.8) is 0 Å². The van der Waals surface area contributed by atoms with E-state index in [9.17, 15) is 13.5 Å². The van der Waals surface area contributed by atoms with Gasteiger partial charge in [0.05, 0.1) is 10.6 Å². The number of nitrogens with one attached hydrogen (secondary N) is 2. The highest BCUT2D eigenvalue weighted by molar-refractivity contribution is 7.89. The van der Waals surface area contributed by atoms with Gasteiger partial charge in [-0.15, -0.1) is 0 Å². The Hall–Kier alpha value is -2.64. The lowest BCUT2D eigenvalue weighted by Gasteiger charge is -2.12. The van der Waals surface area contributed by atoms with Crippen LogP contribution in [-0.2, 0) is 10.0 Å². The molecule has 0 aromatic heterocycles. The second-order valence-electron chi connectivity index (χ2n) is 4.06. The van der Waals surface area contributed by atoms with Gasteiger partial charge in [0.2, 0.25) is 15.7 Å². The van der Waals surface area contributed by atoms with E-state index in [4.69, 9.17) is 16.4 Å². The van der Waals surface area contributed by atoms with Gasteiger partial charge >= 0.3 is 0 Å². The molecule has 0 fully saturated rings. The third-order valence-electron chi connectivity index (χ3n) is 2.40. The maximum atomic E-state index is 11.9. The zero-order valence-electron chi connectivity index (χ0n) is 11.3. The lowest BCUT2D eigenvalue weighted by atomic mass is 10.3. The molecule has 1 rings (SSSR count). The number of hydrogen-bond acceptors (Lipinski definition) is 7. The summed E-state index contributed by atoms with van der Waals surface area (Å²) >= 11 is 0. The summed E-state index contributed by atoms with van der Waals surface area (Å²) in [6.45, 7) is 0. The number of amidine groups is 1. The van der Waals surface area contributed by atoms with E-state index in [2.05, 4.69) is 10.5 Å². The SMILES string of the molecule is CN(C)S(=O)(=O)c1ccc(N/N=C(\C#N)C(=N)N)c(O)c1. The molecule has 9 nitrogen and oxygen atoms in total. The summed E-state index contributed by atoms with van der Waals surface area (Å²) in [6.07, 6.45) is 0. The molecule has 0 spiro atoms. The molecule has 0 aliphatic rings. The Labute approximate surface area is 121 Å². The highest BCUT2D eigenvalue weighted by Crippen LogP contribution is 2.27. The quantitative estimate of drug-likeness (QED) is 0.257. The fourth-order valence-corrected chi connectivity index (χ4v) is 2.16. The van der Waals surface area contributed by atoms with Gasteiger partial charge in [0.1, 0.15) is 11.8 Å². The average molecular weight is 310 g/mol. The molecule has 0 saturated heterocycles. The molecule has 0 radical (unpaired) electrons. The standard InChI is InChI=1S/C11H14N6O3S/c1-17(2)21(19,20)7-3-4-8(10(18)5-7)15-16-9(6-12)11(13)14/h3-5,15,18H,1-2H3,(H3,13,14)/b16-9+. The van der Waals surface area contributed by atoms with E-state index in [-0.39, 0.29) is 22.0 Å². The normalized spacial score (nSPS) is 12.0. The summed E-state index contributed by atoms with van der Waals surface area (Å²) in [4.78, 5) is -0.0911. The first-order valence-corrected chi connectivity index (χ1v) is 6.98. The van der Waals surface area contributed by atoms with E-state index >= 15 is 0 Å². The highest BCUT2D eigenvalue weighted by Gasteiger charge is 2.18. The summed E-state index contributed by atoms with van der Waals surface area (Å²) in [6, 6.07) is 5.20. The zero-order chi connectivity index (χ0) is 16.2. The molecule has 10 heteroatoms. The van der Waals surface area contributed by atoms with Crippen molar-refractivity contribution in [2.45, 2.75) is 4.90 Å². The van der Waals surface area contributed by atoms with Crippen molar-refractivity contribution in [2.75, 3.05) is 19.5 Å². The number of benzene rings is 1. The first-order chi connectivity index (χ1) is 9.70. The summed E-state index contributed by atoms with van der Waals surface area (Å²) in [7, 11) is -0.922. The predicted octanol–water partition coefficient (Wildman–Crippen LogP) is -0.130. The number of rotatable bonds is 5. The fourth-order valence-electron chi connectivity index (χ4n) is 1.24. The Morgan fingerprint density at radius 3 is 2.57 bits per heavy atom. The van der Waals surface area contributed by atoms with Gasteiger partial charge in [0.25, 0.3) is 0 Å². The van der Waals surface area contributed by atoms with E-state index in [1.54, 1.807) is 6.07 Å². The summed E-state index contributed by atoms with van der Waals surface area (Å²) < 4.78 is 24.8. The maximum absolute atomic E-state index is 11.9. The molecular weight excluding hydrogens is 296 g/mol. The van der Waals surface area contributed by atoms with E-state index in [0.717, 1.165) is 10.4 Å². The molecule has 5 N–H and O–H groups in total. The van der Waals surface area contributed by atoms with Gasteiger partial charge in [0.15, 0.2) is 5.84 Å². The molecule has 112 valence electrons. The van der Waals surface area contributed by atoms with Gasteiger partial charge in [-0.2, -0.15) is 10.4 Å². The number of hydrogen-bond donors (Lipinski definition) is 4. The van der Waals surface area contributed by atoms with Crippen molar-refractivity contribution < 1.29 is 13.5 Å². The number of sulfonamides is 1. The molecule has 1 aromatic carbocycles. The first kappa shape index (κ1) is 16.4. The van der Waals surface area contributed by atoms with E-state index in [1.165, 1.54) is 26.2 Å². The Kier molecular flexibility index (Phi) is 4.85. The van der Waals surface area contributed by atoms with Crippen LogP contribution < -0.4 is 11.2 Å². The van der Waals surface area contributed by atoms with Crippen LogP contribution in [0.4, 0.5) is 5.69 Å². The molecule has 0 unspecified atom stereocenters. The number of nitrogens with two attached hydrogens (primary N) is 1. The van der Waals surface area contributed by atoms with Crippen molar-refractivity contribution in [1.29, 1.82) is 10.7 Å². The second kappa shape index (κ2) is 6.21. The van der Waals surface area contributed by atoms with Crippen LogP contribution >= 0.6 is 0 Å². The zero-order valence-corrected chi connectivity index (χ0v) is 12.1. The average Bonchev–Trinajstić information content (AvgIpc) is 2.40. The number of hydrazone groups is 1. The number of nitriles is 1. The van der Waals surface area contributed by atoms with E-state index in [1.807, 2.05) is 0 Å². The van der Waals surface area contributed by atoms with E-state index < -0.39 is 15.9 Å². The van der Waals surface area contributed by atoms with Gasteiger partial charge in [0, 0.05) is 20.2 Å². The van der Waals surface area contributed by atoms with Gasteiger partial charge < -0.3 is 10.8 Å². The molecule has 0 atom stereocenters. The molecule has 0 aliphatic carbocycles. The van der Waals surface area contributed by atoms with Crippen molar-refractivity contribution in [1.82, 2.24) is 4.31 Å². The molecule has 21 heavy (non-hydrogen) atoms. The van der Waals surface area contributed by atoms with Crippen LogP contribution in [0, 0.1) is 16.7 Å². The molecule has 0 heterocycles. The van der Waals surface area contributed by atoms with Crippen molar-refractivity contribution in [2.24, 2.45) is 10.8 Å². The lowest BCUT2D eigenvalue weighted by Crippen LogP contribution is -2.22. The lowest BCUT2D eigenvalue weighted by molar-refractivity contribution is 0.473. The van der Waals surface area contributed by atoms with E-state index in [0.29, 0.717) is 0 Å². The van der Waals surface area contributed by atoms with Crippen LogP contribution in [0.2, 0.25) is 0 Å². The minimum atomic E-state index is -3.66. The third kappa shape index (κ3) is 3.68. The van der Waals surface area contributed by atoms with Crippen LogP contribution in [-0.4, -0.2) is 43.5 Å². The topological polar surface area (TPSA) is 156 Å². The maximum Gasteiger partial charge on any atom is 0.242 e. The molecule has 0 amide bonds. The number of phenolic OH excluding ortho intramolecular Hbond substituents is 1. The summed E-state index contributed by atoms with van der Waals surface area (Å²) in [5.41, 5.74) is 7.16. The smallest absolute Gasteiger partial charge is 0.242 e. The van der Waals surface area contributed by atoms with Gasteiger partial charge in [-0.25, -0.2) is 12.7 Å². The molecule has 0 aliphatic heterocycles. The third-order valence-corrected chi connectivity index (χ3v) is 4.21. The molecular formula is C11H14N6O3S. The minimum Gasteiger partial charge on any atom is -0.506 e. The number of nitrogens with zero attached hydrogens (tertiary/aromatic N) is 3. The Morgan fingerprint density at radius 2 is 2.14 bits per heavy atom. The Balaban J connectivity index is 3.11. The Bertz CT molecular complexity index is 733. The highest BCUT2D eigenvalue weighted by atomic mass is 32.2. The van der Waals surface area contributed by atoms with Crippen LogP contribution in [0.5, 0.6) is 5.75 Å². The largest absolute Gasteiger partial charge is 0.506 e. The minimum absolute atomic E-state index is 0.0710. The fraction of sp³-hybridized carbons (Fsp3) is 0.182. The number of aromatic hydroxyl groups is 1. The van der Waals surface area contributed by atoms with Crippen molar-refractivity contribution >= 4 is 27.3 Å². The first-order valence-electron chi connectivity index (χ1n) is 5.54. The van der Waals surface area contributed by atoms with Crippen molar-refractivity contribution in [3.05, 3.63) is 18.2 Å². The number of phenols is 1. The van der Waals surface area contributed by atoms with Crippen LogP contribution in [0.25, 0.3) is 0 Å². The van der Waals surface area contributed by atoms with Crippen molar-refractivity contribution in [3.8, 4) is 11.8 Å². The van der Waals surface area contributed by atoms with Gasteiger partial charge in [-0.3, -0.25) is 10.8 Å². The monoisotopic (exact) mass is 310 g/mol. The van der Waals surface area contributed by atoms with Crippen LogP contribution in [0.3, 0.4) is 0 Å². The van der Waals surface area contributed by atoms with Gasteiger partial charge in [-0.1, -0.05) is 0 Å². The molecule has 0 bridgehead atoms. The Morgan fingerprint density at radius 1 is 1.52 bits per heavy atom. The molecule has 1 aromatic rings. The van der Waals surface area contributed by atoms with Crippen LogP contribution in [0.15, 0.2) is 28.2 Å². The van der Waals surface area contributed by atoms with Crippen LogP contribution in [0.1, 0.15) is 0 Å². The molecule has 0 saturated carbocycles. The second-order valence-corrected chi connectivity index (χ2v) is 6.22. The summed E-state index contributed by atoms with van der Waals surface area (Å²) in [5, 5.41) is 29.1. The van der Waals surface area contributed by atoms with Gasteiger partial charge in [-0.05, 0) is 12.1 Å². The predicted molar refractivity (Wildman–Crippen MR) is 77.6 cm³/mol.